The summed E-state index contributed by atoms with van der Waals surface area (Å²) < 4.78 is 5.63. The molecule has 0 bridgehead atoms. The van der Waals surface area contributed by atoms with E-state index in [0.717, 1.165) is 31.0 Å². The van der Waals surface area contributed by atoms with Gasteiger partial charge in [-0.25, -0.2) is 0 Å². The molecule has 0 amide bonds. The van der Waals surface area contributed by atoms with Crippen LogP contribution in [0.4, 0.5) is 0 Å². The smallest absolute Gasteiger partial charge is 0.137 e. The molecule has 1 unspecified atom stereocenters. The number of nitrogens with one attached hydrogen (secondary N) is 1. The third-order valence-corrected chi connectivity index (χ3v) is 2.68. The standard InChI is InChI=1S/C14H24N2O/c1-5-15-12(4)14-7-6-13(10-16-14)17-9-8-11(2)3/h6-7,10-12,15H,5,8-9H2,1-4H3. The van der Waals surface area contributed by atoms with E-state index in [4.69, 9.17) is 4.74 Å². The Bertz CT molecular complexity index is 309. The Labute approximate surface area is 105 Å². The monoisotopic (exact) mass is 236 g/mol. The Morgan fingerprint density at radius 1 is 1.29 bits per heavy atom. The Balaban J connectivity index is 2.44. The van der Waals surface area contributed by atoms with E-state index < -0.39 is 0 Å². The van der Waals surface area contributed by atoms with Crippen molar-refractivity contribution >= 4 is 0 Å². The third kappa shape index (κ3) is 5.18. The average Bonchev–Trinajstić information content (AvgIpc) is 2.30. The fraction of sp³-hybridized carbons (Fsp3) is 0.643. The number of ether oxygens (including phenoxy) is 1. The van der Waals surface area contributed by atoms with Gasteiger partial charge in [-0.2, -0.15) is 0 Å². The summed E-state index contributed by atoms with van der Waals surface area (Å²) >= 11 is 0. The molecule has 1 aromatic heterocycles. The summed E-state index contributed by atoms with van der Waals surface area (Å²) in [5.41, 5.74) is 1.06. The number of aromatic nitrogens is 1. The molecule has 1 aromatic rings. The van der Waals surface area contributed by atoms with Crippen LogP contribution < -0.4 is 10.1 Å². The van der Waals surface area contributed by atoms with Crippen LogP contribution in [0.25, 0.3) is 0 Å². The van der Waals surface area contributed by atoms with Gasteiger partial charge in [0.2, 0.25) is 0 Å². The fourth-order valence-corrected chi connectivity index (χ4v) is 1.56. The summed E-state index contributed by atoms with van der Waals surface area (Å²) in [6, 6.07) is 4.32. The molecule has 0 radical (unpaired) electrons. The highest BCUT2D eigenvalue weighted by molar-refractivity contribution is 5.21. The third-order valence-electron chi connectivity index (χ3n) is 2.68. The predicted octanol–water partition coefficient (Wildman–Crippen LogP) is 3.18. The van der Waals surface area contributed by atoms with Crippen molar-refractivity contribution in [1.29, 1.82) is 0 Å². The first-order valence-electron chi connectivity index (χ1n) is 6.45. The molecule has 17 heavy (non-hydrogen) atoms. The minimum absolute atomic E-state index is 0.296. The summed E-state index contributed by atoms with van der Waals surface area (Å²) in [5, 5.41) is 3.34. The molecule has 0 aromatic carbocycles. The van der Waals surface area contributed by atoms with Gasteiger partial charge in [0.15, 0.2) is 0 Å². The van der Waals surface area contributed by atoms with Crippen LogP contribution in [-0.2, 0) is 0 Å². The quantitative estimate of drug-likeness (QED) is 0.789. The molecule has 0 aliphatic carbocycles. The largest absolute Gasteiger partial charge is 0.492 e. The molecule has 0 saturated carbocycles. The van der Waals surface area contributed by atoms with Crippen LogP contribution in [0.3, 0.4) is 0 Å². The van der Waals surface area contributed by atoms with Crippen molar-refractivity contribution in [2.75, 3.05) is 13.2 Å². The second-order valence-electron chi connectivity index (χ2n) is 4.73. The molecular formula is C14H24N2O. The Kier molecular flexibility index (Phi) is 5.98. The van der Waals surface area contributed by atoms with Crippen LogP contribution in [0.1, 0.15) is 45.9 Å². The lowest BCUT2D eigenvalue weighted by Gasteiger charge is -2.12. The van der Waals surface area contributed by atoms with E-state index in [-0.39, 0.29) is 0 Å². The van der Waals surface area contributed by atoms with Crippen molar-refractivity contribution < 1.29 is 4.74 Å². The van der Waals surface area contributed by atoms with E-state index in [1.54, 1.807) is 0 Å². The van der Waals surface area contributed by atoms with Gasteiger partial charge in [0.25, 0.3) is 0 Å². The molecule has 0 aliphatic rings. The second kappa shape index (κ2) is 7.28. The lowest BCUT2D eigenvalue weighted by atomic mass is 10.1. The molecule has 0 fully saturated rings. The van der Waals surface area contributed by atoms with Crippen LogP contribution in [0, 0.1) is 5.92 Å². The topological polar surface area (TPSA) is 34.1 Å². The van der Waals surface area contributed by atoms with Crippen molar-refractivity contribution in [3.8, 4) is 5.75 Å². The maximum atomic E-state index is 5.63. The van der Waals surface area contributed by atoms with Crippen LogP contribution in [-0.4, -0.2) is 18.1 Å². The molecule has 1 atom stereocenters. The number of hydrogen-bond donors (Lipinski definition) is 1. The number of pyridine rings is 1. The Morgan fingerprint density at radius 3 is 2.59 bits per heavy atom. The van der Waals surface area contributed by atoms with Crippen LogP contribution in [0.15, 0.2) is 18.3 Å². The van der Waals surface area contributed by atoms with Gasteiger partial charge in [-0.1, -0.05) is 20.8 Å². The van der Waals surface area contributed by atoms with Gasteiger partial charge in [0.05, 0.1) is 18.5 Å². The zero-order valence-corrected chi connectivity index (χ0v) is 11.4. The van der Waals surface area contributed by atoms with E-state index in [1.807, 2.05) is 18.3 Å². The highest BCUT2D eigenvalue weighted by atomic mass is 16.5. The van der Waals surface area contributed by atoms with E-state index in [1.165, 1.54) is 0 Å². The number of hydrogen-bond acceptors (Lipinski definition) is 3. The molecule has 0 spiro atoms. The van der Waals surface area contributed by atoms with Gasteiger partial charge in [-0.15, -0.1) is 0 Å². The van der Waals surface area contributed by atoms with Gasteiger partial charge >= 0.3 is 0 Å². The molecule has 1 rings (SSSR count). The zero-order valence-electron chi connectivity index (χ0n) is 11.4. The van der Waals surface area contributed by atoms with Crippen molar-refractivity contribution in [3.05, 3.63) is 24.0 Å². The van der Waals surface area contributed by atoms with E-state index in [9.17, 15) is 0 Å². The van der Waals surface area contributed by atoms with Gasteiger partial charge < -0.3 is 10.1 Å². The van der Waals surface area contributed by atoms with E-state index >= 15 is 0 Å². The molecule has 1 N–H and O–H groups in total. The fourth-order valence-electron chi connectivity index (χ4n) is 1.56. The average molecular weight is 236 g/mol. The zero-order chi connectivity index (χ0) is 12.7. The molecule has 0 aliphatic heterocycles. The number of rotatable bonds is 7. The Morgan fingerprint density at radius 2 is 2.06 bits per heavy atom. The first kappa shape index (κ1) is 14.0. The number of nitrogens with zero attached hydrogens (tertiary/aromatic N) is 1. The normalized spacial score (nSPS) is 12.8. The summed E-state index contributed by atoms with van der Waals surface area (Å²) in [6.07, 6.45) is 2.89. The van der Waals surface area contributed by atoms with Crippen molar-refractivity contribution in [2.45, 2.75) is 40.2 Å². The Hall–Kier alpha value is -1.09. The van der Waals surface area contributed by atoms with Crippen LogP contribution in [0.5, 0.6) is 5.75 Å². The summed E-state index contributed by atoms with van der Waals surface area (Å²) in [7, 11) is 0. The first-order valence-corrected chi connectivity index (χ1v) is 6.45. The highest BCUT2D eigenvalue weighted by Crippen LogP contribution is 2.14. The van der Waals surface area contributed by atoms with E-state index in [0.29, 0.717) is 12.0 Å². The van der Waals surface area contributed by atoms with Gasteiger partial charge in [-0.3, -0.25) is 4.98 Å². The van der Waals surface area contributed by atoms with Crippen molar-refractivity contribution in [3.63, 3.8) is 0 Å². The maximum absolute atomic E-state index is 5.63. The van der Waals surface area contributed by atoms with E-state index in [2.05, 4.69) is 38.0 Å². The lowest BCUT2D eigenvalue weighted by Crippen LogP contribution is -2.18. The van der Waals surface area contributed by atoms with Gasteiger partial charge in [-0.05, 0) is 37.9 Å². The van der Waals surface area contributed by atoms with Crippen molar-refractivity contribution in [2.24, 2.45) is 5.92 Å². The summed E-state index contributed by atoms with van der Waals surface area (Å²) in [6.45, 7) is 10.3. The summed E-state index contributed by atoms with van der Waals surface area (Å²) in [4.78, 5) is 4.41. The van der Waals surface area contributed by atoms with Crippen LogP contribution in [0.2, 0.25) is 0 Å². The molecular weight excluding hydrogens is 212 g/mol. The SMILES string of the molecule is CCNC(C)c1ccc(OCCC(C)C)cn1. The molecule has 0 saturated heterocycles. The lowest BCUT2D eigenvalue weighted by molar-refractivity contribution is 0.288. The summed E-state index contributed by atoms with van der Waals surface area (Å²) in [5.74, 6) is 1.54. The molecule has 3 heteroatoms. The van der Waals surface area contributed by atoms with Crippen molar-refractivity contribution in [1.82, 2.24) is 10.3 Å². The van der Waals surface area contributed by atoms with Gasteiger partial charge in [0, 0.05) is 6.04 Å². The molecule has 96 valence electrons. The van der Waals surface area contributed by atoms with Crippen LogP contribution >= 0.6 is 0 Å². The molecule has 3 nitrogen and oxygen atoms in total. The molecule has 1 heterocycles. The predicted molar refractivity (Wildman–Crippen MR) is 71.3 cm³/mol. The minimum atomic E-state index is 0.296. The minimum Gasteiger partial charge on any atom is -0.492 e. The maximum Gasteiger partial charge on any atom is 0.137 e. The highest BCUT2D eigenvalue weighted by Gasteiger charge is 2.05. The van der Waals surface area contributed by atoms with Gasteiger partial charge in [0.1, 0.15) is 5.75 Å². The second-order valence-corrected chi connectivity index (χ2v) is 4.73. The first-order chi connectivity index (χ1) is 8.13.